The zero-order valence-electron chi connectivity index (χ0n) is 14.5. The molecule has 2 aliphatic heterocycles. The number of hydrogen-bond acceptors (Lipinski definition) is 8. The number of rotatable bonds is 2. The van der Waals surface area contributed by atoms with Crippen LogP contribution in [0, 0.1) is 0 Å². The minimum Gasteiger partial charge on any atom is -0.394 e. The van der Waals surface area contributed by atoms with Crippen LogP contribution in [0.3, 0.4) is 0 Å². The van der Waals surface area contributed by atoms with E-state index in [-0.39, 0.29) is 0 Å². The Hall–Kier alpha value is -1.48. The van der Waals surface area contributed by atoms with Gasteiger partial charge in [-0.05, 0) is 0 Å². The first-order valence-corrected chi connectivity index (χ1v) is 4.40. The molecule has 1 unspecified atom stereocenters. The number of amidine groups is 1. The van der Waals surface area contributed by atoms with Gasteiger partial charge in [-0.25, -0.2) is 4.99 Å². The Labute approximate surface area is 106 Å². The molecule has 0 aromatic rings. The van der Waals surface area contributed by atoms with E-state index in [1.807, 2.05) is 0 Å². The van der Waals surface area contributed by atoms with E-state index < -0.39 is 49.1 Å². The predicted octanol–water partition coefficient (Wildman–Crippen LogP) is -2.44. The van der Waals surface area contributed by atoms with Gasteiger partial charge >= 0.3 is 0 Å². The SMILES string of the molecule is [2H]C1=NC(N)=NC(=C)N1[C@]1([2H])O[C@H](C([2H])([2H])O)C([2H])(O)[C@]1([2H])O. The van der Waals surface area contributed by atoms with Gasteiger partial charge in [0.05, 0.1) is 13.4 Å². The van der Waals surface area contributed by atoms with Crippen LogP contribution in [0.2, 0.25) is 0 Å². The van der Waals surface area contributed by atoms with Crippen LogP contribution >= 0.6 is 0 Å². The van der Waals surface area contributed by atoms with Crippen molar-refractivity contribution < 1.29 is 28.3 Å². The monoisotopic (exact) mass is 248 g/mol. The highest BCUT2D eigenvalue weighted by molar-refractivity contribution is 5.89. The number of nitrogens with zero attached hydrogens (tertiary/aromatic N) is 3. The van der Waals surface area contributed by atoms with Gasteiger partial charge in [0.1, 0.15) is 31.8 Å². The van der Waals surface area contributed by atoms with Crippen molar-refractivity contribution in [3.05, 3.63) is 12.4 Å². The predicted molar refractivity (Wildman–Crippen MR) is 58.9 cm³/mol. The topological polar surface area (TPSA) is 124 Å². The molecule has 0 radical (unpaired) electrons. The number of aliphatic imine (C=N–C) groups is 2. The Morgan fingerprint density at radius 1 is 1.71 bits per heavy atom. The van der Waals surface area contributed by atoms with Crippen molar-refractivity contribution in [2.45, 2.75) is 24.5 Å². The standard InChI is InChI=1S/C9H14N4O4/c1-4-12-9(10)11-3-13(4)8-7(16)6(15)5(2-14)17-8/h3,5-8,14-16H,1-2H2,(H2,10,12)/t5-,6?,7+,8-/m1/s1/i2D2,3D,6D,7D,8D. The summed E-state index contributed by atoms with van der Waals surface area (Å²) in [6.07, 6.45) is -13.5. The van der Waals surface area contributed by atoms with Crippen molar-refractivity contribution in [3.8, 4) is 0 Å². The molecule has 1 fully saturated rings. The largest absolute Gasteiger partial charge is 0.394 e. The van der Waals surface area contributed by atoms with Crippen LogP contribution in [0.25, 0.3) is 0 Å². The molecule has 0 spiro atoms. The average molecular weight is 248 g/mol. The van der Waals surface area contributed by atoms with E-state index in [9.17, 15) is 15.3 Å². The number of aliphatic hydroxyl groups is 3. The van der Waals surface area contributed by atoms with Crippen LogP contribution in [-0.4, -0.2) is 63.5 Å². The maximum Gasteiger partial charge on any atom is 0.223 e. The van der Waals surface area contributed by atoms with E-state index in [1.54, 1.807) is 0 Å². The molecule has 2 heterocycles. The number of nitrogens with two attached hydrogens (primary N) is 1. The summed E-state index contributed by atoms with van der Waals surface area (Å²) in [5.74, 6) is -0.875. The Morgan fingerprint density at radius 3 is 2.94 bits per heavy atom. The number of ether oxygens (including phenoxy) is 1. The zero-order valence-corrected chi connectivity index (χ0v) is 8.45. The third-order valence-electron chi connectivity index (χ3n) is 2.01. The number of guanidine groups is 1. The van der Waals surface area contributed by atoms with Crippen LogP contribution in [0.4, 0.5) is 0 Å². The van der Waals surface area contributed by atoms with Crippen LogP contribution < -0.4 is 5.73 Å². The molecule has 4 atom stereocenters. The molecule has 94 valence electrons. The smallest absolute Gasteiger partial charge is 0.223 e. The van der Waals surface area contributed by atoms with Crippen molar-refractivity contribution in [2.24, 2.45) is 15.7 Å². The minimum atomic E-state index is -3.55. The third-order valence-corrected chi connectivity index (χ3v) is 2.01. The van der Waals surface area contributed by atoms with E-state index in [2.05, 4.69) is 16.6 Å². The molecule has 0 aromatic heterocycles. The second-order valence-corrected chi connectivity index (χ2v) is 3.10. The van der Waals surface area contributed by atoms with E-state index in [1.165, 1.54) is 0 Å². The van der Waals surface area contributed by atoms with E-state index in [4.69, 9.17) is 18.7 Å². The van der Waals surface area contributed by atoms with Crippen molar-refractivity contribution in [2.75, 3.05) is 6.56 Å². The minimum absolute atomic E-state index is 0.335. The Balaban J connectivity index is 2.58. The lowest BCUT2D eigenvalue weighted by atomic mass is 10.1. The average Bonchev–Trinajstić information content (AvgIpc) is 2.45. The highest BCUT2D eigenvalue weighted by Crippen LogP contribution is 2.26. The summed E-state index contributed by atoms with van der Waals surface area (Å²) in [4.78, 5) is 7.25. The Bertz CT molecular complexity index is 618. The first-order chi connectivity index (χ1) is 10.2. The fourth-order valence-electron chi connectivity index (χ4n) is 1.23. The molecule has 0 aromatic carbocycles. The lowest BCUT2D eigenvalue weighted by Gasteiger charge is -2.29. The lowest BCUT2D eigenvalue weighted by molar-refractivity contribution is -0.0607. The van der Waals surface area contributed by atoms with Gasteiger partial charge in [-0.3, -0.25) is 4.90 Å². The first-order valence-electron chi connectivity index (χ1n) is 7.40. The zero-order chi connectivity index (χ0) is 18.0. The summed E-state index contributed by atoms with van der Waals surface area (Å²) in [7, 11) is 0. The fraction of sp³-hybridized carbons (Fsp3) is 0.556. The van der Waals surface area contributed by atoms with Crippen LogP contribution in [-0.2, 0) is 4.74 Å². The fourth-order valence-corrected chi connectivity index (χ4v) is 1.23. The van der Waals surface area contributed by atoms with Gasteiger partial charge in [-0.15, -0.1) is 0 Å². The van der Waals surface area contributed by atoms with Crippen molar-refractivity contribution in [1.82, 2.24) is 4.90 Å². The summed E-state index contributed by atoms with van der Waals surface area (Å²) in [6, 6.07) is 0. The molecule has 1 saturated heterocycles. The van der Waals surface area contributed by atoms with Gasteiger partial charge < -0.3 is 25.8 Å². The normalized spacial score (nSPS) is 57.0. The van der Waals surface area contributed by atoms with Crippen LogP contribution in [0.5, 0.6) is 0 Å². The van der Waals surface area contributed by atoms with Gasteiger partial charge in [-0.2, -0.15) is 4.99 Å². The summed E-state index contributed by atoms with van der Waals surface area (Å²) in [5.41, 5.74) is 5.29. The van der Waals surface area contributed by atoms with Crippen molar-refractivity contribution >= 4 is 12.3 Å². The van der Waals surface area contributed by atoms with Crippen LogP contribution in [0.15, 0.2) is 22.4 Å². The van der Waals surface area contributed by atoms with E-state index >= 15 is 0 Å². The van der Waals surface area contributed by atoms with Crippen molar-refractivity contribution in [1.29, 1.82) is 0 Å². The van der Waals surface area contributed by atoms with Gasteiger partial charge in [0, 0.05) is 0 Å². The second-order valence-electron chi connectivity index (χ2n) is 3.10. The molecular weight excluding hydrogens is 228 g/mol. The first kappa shape index (κ1) is 6.45. The molecule has 17 heavy (non-hydrogen) atoms. The molecule has 0 aliphatic carbocycles. The Kier molecular flexibility index (Phi) is 1.68. The maximum absolute atomic E-state index is 10.2. The molecule has 2 aliphatic rings. The number of hydrogen-bond donors (Lipinski definition) is 4. The van der Waals surface area contributed by atoms with Gasteiger partial charge in [-0.1, -0.05) is 6.58 Å². The maximum atomic E-state index is 10.2. The van der Waals surface area contributed by atoms with Gasteiger partial charge in [0.2, 0.25) is 5.96 Å². The molecule has 0 amide bonds. The quantitative estimate of drug-likeness (QED) is 0.430. The molecular formula is C9H14N4O4. The molecule has 5 N–H and O–H groups in total. The molecule has 2 rings (SSSR count). The van der Waals surface area contributed by atoms with Crippen LogP contribution in [0.1, 0.15) is 8.22 Å². The van der Waals surface area contributed by atoms with Crippen molar-refractivity contribution in [3.63, 3.8) is 0 Å². The highest BCUT2D eigenvalue weighted by Gasteiger charge is 2.45. The van der Waals surface area contributed by atoms with E-state index in [0.717, 1.165) is 0 Å². The lowest BCUT2D eigenvalue weighted by Crippen LogP contribution is -2.44. The summed E-state index contributed by atoms with van der Waals surface area (Å²) >= 11 is 0. The van der Waals surface area contributed by atoms with Gasteiger partial charge in [0.25, 0.3) is 0 Å². The highest BCUT2D eigenvalue weighted by atomic mass is 16.6. The second kappa shape index (κ2) is 4.41. The van der Waals surface area contributed by atoms with E-state index in [0.29, 0.717) is 4.90 Å². The third kappa shape index (κ3) is 2.03. The summed E-state index contributed by atoms with van der Waals surface area (Å²) in [5, 5.41) is 29.5. The molecule has 0 bridgehead atoms. The molecule has 8 heteroatoms. The van der Waals surface area contributed by atoms with Gasteiger partial charge in [0.15, 0.2) is 6.20 Å². The molecule has 0 saturated carbocycles. The molecule has 8 nitrogen and oxygen atoms in total. The summed E-state index contributed by atoms with van der Waals surface area (Å²) in [6.45, 7) is -0.0311. The summed E-state index contributed by atoms with van der Waals surface area (Å²) < 4.78 is 50.2. The Morgan fingerprint density at radius 2 is 2.41 bits per heavy atom.